The lowest BCUT2D eigenvalue weighted by molar-refractivity contribution is 0.0949. The van der Waals surface area contributed by atoms with Crippen molar-refractivity contribution in [2.75, 3.05) is 6.61 Å². The summed E-state index contributed by atoms with van der Waals surface area (Å²) < 4.78 is 4.82. The number of hydrogen-bond donors (Lipinski definition) is 1. The monoisotopic (exact) mass is 137 g/mol. The Labute approximate surface area is 58.0 Å². The van der Waals surface area contributed by atoms with Crippen LogP contribution in [0.1, 0.15) is 10.5 Å². The van der Waals surface area contributed by atoms with Crippen molar-refractivity contribution >= 4 is 5.78 Å². The zero-order chi connectivity index (χ0) is 6.97. The molecule has 0 aliphatic carbocycles. The second-order valence-electron chi connectivity index (χ2n) is 2.27. The van der Waals surface area contributed by atoms with E-state index in [2.05, 4.69) is 4.98 Å². The number of carbonyl (C=O) groups excluding carboxylic acids is 1. The molecule has 1 aliphatic heterocycles. The van der Waals surface area contributed by atoms with Crippen LogP contribution in [-0.2, 0) is 4.74 Å². The Morgan fingerprint density at radius 2 is 2.60 bits per heavy atom. The summed E-state index contributed by atoms with van der Waals surface area (Å²) in [5.41, 5.74) is 0.641. The molecule has 0 bridgehead atoms. The highest BCUT2D eigenvalue weighted by Gasteiger charge is 2.32. The molecule has 1 N–H and O–H groups in total. The minimum absolute atomic E-state index is 0.0602. The molecule has 0 spiro atoms. The largest absolute Gasteiger partial charge is 0.364 e. The lowest BCUT2D eigenvalue weighted by Gasteiger charge is -1.88. The fourth-order valence-electron chi connectivity index (χ4n) is 0.857. The summed E-state index contributed by atoms with van der Waals surface area (Å²) in [5, 5.41) is 0. The Morgan fingerprint density at radius 1 is 1.80 bits per heavy atom. The summed E-state index contributed by atoms with van der Waals surface area (Å²) in [6.45, 7) is 0.581. The van der Waals surface area contributed by atoms with Gasteiger partial charge in [-0.3, -0.25) is 4.79 Å². The van der Waals surface area contributed by atoms with Gasteiger partial charge in [-0.2, -0.15) is 0 Å². The molecule has 1 aromatic heterocycles. The minimum Gasteiger partial charge on any atom is -0.364 e. The summed E-state index contributed by atoms with van der Waals surface area (Å²) in [4.78, 5) is 13.9. The number of aromatic nitrogens is 1. The molecular formula is C7H7NO2. The van der Waals surface area contributed by atoms with E-state index in [4.69, 9.17) is 4.74 Å². The van der Waals surface area contributed by atoms with E-state index in [0.29, 0.717) is 12.3 Å². The van der Waals surface area contributed by atoms with Gasteiger partial charge in [0.15, 0.2) is 0 Å². The van der Waals surface area contributed by atoms with Crippen LogP contribution in [0.5, 0.6) is 0 Å². The number of H-pyrrole nitrogens is 1. The van der Waals surface area contributed by atoms with E-state index in [1.807, 2.05) is 0 Å². The van der Waals surface area contributed by atoms with E-state index in [1.54, 1.807) is 18.3 Å². The van der Waals surface area contributed by atoms with Crippen molar-refractivity contribution in [2.24, 2.45) is 0 Å². The van der Waals surface area contributed by atoms with Crippen LogP contribution in [0.4, 0.5) is 0 Å². The summed E-state index contributed by atoms with van der Waals surface area (Å²) >= 11 is 0. The van der Waals surface area contributed by atoms with Gasteiger partial charge in [-0.05, 0) is 12.1 Å². The molecule has 0 aromatic carbocycles. The molecule has 1 saturated heterocycles. The quantitative estimate of drug-likeness (QED) is 0.479. The maximum Gasteiger partial charge on any atom is 0.210 e. The summed E-state index contributed by atoms with van der Waals surface area (Å²) in [5.74, 6) is 0.0602. The Kier molecular flexibility index (Phi) is 1.11. The van der Waals surface area contributed by atoms with Gasteiger partial charge in [-0.1, -0.05) is 0 Å². The molecule has 2 heterocycles. The fraction of sp³-hybridized carbons (Fsp3) is 0.286. The van der Waals surface area contributed by atoms with Crippen molar-refractivity contribution in [2.45, 2.75) is 6.10 Å². The molecule has 3 nitrogen and oxygen atoms in total. The van der Waals surface area contributed by atoms with Gasteiger partial charge in [0, 0.05) is 6.20 Å². The molecule has 1 aromatic rings. The normalized spacial score (nSPS) is 22.6. The summed E-state index contributed by atoms with van der Waals surface area (Å²) in [6.07, 6.45) is 1.56. The number of aromatic amines is 1. The molecule has 10 heavy (non-hydrogen) atoms. The zero-order valence-corrected chi connectivity index (χ0v) is 5.33. The SMILES string of the molecule is O=C(c1ccc[nH]1)C1CO1. The van der Waals surface area contributed by atoms with Crippen LogP contribution in [0.3, 0.4) is 0 Å². The van der Waals surface area contributed by atoms with E-state index >= 15 is 0 Å². The molecule has 3 heteroatoms. The van der Waals surface area contributed by atoms with Crippen molar-refractivity contribution in [1.29, 1.82) is 0 Å². The third-order valence-corrected chi connectivity index (χ3v) is 1.49. The molecule has 0 amide bonds. The van der Waals surface area contributed by atoms with Crippen LogP contribution >= 0.6 is 0 Å². The predicted octanol–water partition coefficient (Wildman–Crippen LogP) is 0.596. The first kappa shape index (κ1) is 5.68. The second-order valence-corrected chi connectivity index (χ2v) is 2.27. The van der Waals surface area contributed by atoms with Gasteiger partial charge in [0.2, 0.25) is 5.78 Å². The Morgan fingerprint density at radius 3 is 3.10 bits per heavy atom. The Balaban J connectivity index is 2.19. The fourth-order valence-corrected chi connectivity index (χ4v) is 0.857. The second kappa shape index (κ2) is 1.95. The van der Waals surface area contributed by atoms with E-state index in [9.17, 15) is 4.79 Å². The number of Topliss-reactive ketones (excluding diaryl/α,β-unsaturated/α-hetero) is 1. The third-order valence-electron chi connectivity index (χ3n) is 1.49. The number of carbonyl (C=O) groups is 1. The van der Waals surface area contributed by atoms with Crippen LogP contribution in [0, 0.1) is 0 Å². The van der Waals surface area contributed by atoms with E-state index < -0.39 is 0 Å². The van der Waals surface area contributed by atoms with E-state index in [0.717, 1.165) is 0 Å². The van der Waals surface area contributed by atoms with Gasteiger partial charge in [-0.15, -0.1) is 0 Å². The zero-order valence-electron chi connectivity index (χ0n) is 5.33. The average molecular weight is 137 g/mol. The Bertz CT molecular complexity index is 236. The van der Waals surface area contributed by atoms with Crippen molar-refractivity contribution in [3.05, 3.63) is 24.0 Å². The van der Waals surface area contributed by atoms with Crippen molar-refractivity contribution in [1.82, 2.24) is 4.98 Å². The van der Waals surface area contributed by atoms with E-state index in [-0.39, 0.29) is 11.9 Å². The molecule has 2 rings (SSSR count). The van der Waals surface area contributed by atoms with Crippen LogP contribution in [0.2, 0.25) is 0 Å². The molecule has 1 atom stereocenters. The Hall–Kier alpha value is -1.09. The highest BCUT2D eigenvalue weighted by Crippen LogP contribution is 2.14. The average Bonchev–Trinajstić information content (AvgIpc) is 2.65. The number of hydrogen-bond acceptors (Lipinski definition) is 2. The molecule has 0 radical (unpaired) electrons. The van der Waals surface area contributed by atoms with Crippen molar-refractivity contribution < 1.29 is 9.53 Å². The van der Waals surface area contributed by atoms with Gasteiger partial charge in [0.05, 0.1) is 12.3 Å². The number of ether oxygens (including phenoxy) is 1. The van der Waals surface area contributed by atoms with Gasteiger partial charge in [0.25, 0.3) is 0 Å². The first-order chi connectivity index (χ1) is 4.88. The van der Waals surface area contributed by atoms with Crippen LogP contribution in [0.25, 0.3) is 0 Å². The summed E-state index contributed by atoms with van der Waals surface area (Å²) in [6, 6.07) is 3.56. The first-order valence-electron chi connectivity index (χ1n) is 3.17. The number of rotatable bonds is 2. The molecular weight excluding hydrogens is 130 g/mol. The maximum atomic E-state index is 11.1. The summed E-state index contributed by atoms with van der Waals surface area (Å²) in [7, 11) is 0. The number of epoxide rings is 1. The van der Waals surface area contributed by atoms with Crippen molar-refractivity contribution in [3.63, 3.8) is 0 Å². The molecule has 1 unspecified atom stereocenters. The van der Waals surface area contributed by atoms with Gasteiger partial charge < -0.3 is 9.72 Å². The smallest absolute Gasteiger partial charge is 0.210 e. The third kappa shape index (κ3) is 0.844. The molecule has 52 valence electrons. The maximum absolute atomic E-state index is 11.1. The number of nitrogens with one attached hydrogen (secondary N) is 1. The molecule has 1 fully saturated rings. The molecule has 1 aliphatic rings. The van der Waals surface area contributed by atoms with Crippen LogP contribution < -0.4 is 0 Å². The van der Waals surface area contributed by atoms with Gasteiger partial charge >= 0.3 is 0 Å². The van der Waals surface area contributed by atoms with Gasteiger partial charge in [-0.25, -0.2) is 0 Å². The van der Waals surface area contributed by atoms with Crippen LogP contribution in [-0.4, -0.2) is 23.5 Å². The topological polar surface area (TPSA) is 45.4 Å². The highest BCUT2D eigenvalue weighted by molar-refractivity contribution is 5.99. The molecule has 0 saturated carbocycles. The number of ketones is 1. The lowest BCUT2D eigenvalue weighted by atomic mass is 10.2. The first-order valence-corrected chi connectivity index (χ1v) is 3.17. The van der Waals surface area contributed by atoms with Crippen LogP contribution in [0.15, 0.2) is 18.3 Å². The minimum atomic E-state index is -0.168. The van der Waals surface area contributed by atoms with Crippen molar-refractivity contribution in [3.8, 4) is 0 Å². The lowest BCUT2D eigenvalue weighted by Crippen LogP contribution is -2.06. The van der Waals surface area contributed by atoms with Gasteiger partial charge in [0.1, 0.15) is 6.10 Å². The van der Waals surface area contributed by atoms with E-state index in [1.165, 1.54) is 0 Å². The highest BCUT2D eigenvalue weighted by atomic mass is 16.6. The predicted molar refractivity (Wildman–Crippen MR) is 34.9 cm³/mol. The standard InChI is InChI=1S/C7H7NO2/c9-7(6-4-10-6)5-2-1-3-8-5/h1-3,6,8H,4H2.